The molecule has 0 saturated carbocycles. The summed E-state index contributed by atoms with van der Waals surface area (Å²) >= 11 is 0. The first kappa shape index (κ1) is 26.7. The van der Waals surface area contributed by atoms with E-state index in [0.717, 1.165) is 20.0 Å². The number of alkyl halides is 6. The van der Waals surface area contributed by atoms with Gasteiger partial charge in [-0.3, -0.25) is 14.4 Å². The van der Waals surface area contributed by atoms with Gasteiger partial charge in [0, 0.05) is 6.20 Å². The van der Waals surface area contributed by atoms with Crippen LogP contribution in [0.5, 0.6) is 5.88 Å². The predicted octanol–water partition coefficient (Wildman–Crippen LogP) is 0.893. The first-order chi connectivity index (χ1) is 14.9. The minimum atomic E-state index is -6.32. The number of amides is 1. The molecule has 2 heterocycles. The second-order valence-electron chi connectivity index (χ2n) is 7.40. The fourth-order valence-corrected chi connectivity index (χ4v) is 4.54. The van der Waals surface area contributed by atoms with Crippen LogP contribution in [0, 0.1) is 0 Å². The van der Waals surface area contributed by atoms with E-state index in [1.165, 1.54) is 12.1 Å². The van der Waals surface area contributed by atoms with E-state index in [4.69, 9.17) is 10.5 Å². The highest BCUT2D eigenvalue weighted by Gasteiger charge is 2.61. The highest BCUT2D eigenvalue weighted by Crippen LogP contribution is 2.37. The van der Waals surface area contributed by atoms with Crippen LogP contribution >= 0.6 is 0 Å². The number of nitrogens with one attached hydrogen (secondary N) is 1. The van der Waals surface area contributed by atoms with Gasteiger partial charge in [0.15, 0.2) is 0 Å². The maximum absolute atomic E-state index is 13.5. The number of sulfonamides is 1. The van der Waals surface area contributed by atoms with Crippen LogP contribution in [0.1, 0.15) is 24.2 Å². The van der Waals surface area contributed by atoms with E-state index < -0.39 is 70.1 Å². The van der Waals surface area contributed by atoms with Gasteiger partial charge in [0.05, 0.1) is 18.2 Å². The number of carbonyl (C=O) groups is 2. The summed E-state index contributed by atoms with van der Waals surface area (Å²) in [4.78, 5) is 31.4. The van der Waals surface area contributed by atoms with Gasteiger partial charge in [0.25, 0.3) is 11.7 Å². The van der Waals surface area contributed by atoms with E-state index in [-0.39, 0.29) is 9.87 Å². The average molecular weight is 508 g/mol. The van der Waals surface area contributed by atoms with E-state index in [2.05, 4.69) is 9.82 Å². The van der Waals surface area contributed by atoms with Gasteiger partial charge < -0.3 is 10.5 Å². The van der Waals surface area contributed by atoms with Crippen LogP contribution in [-0.4, -0.2) is 71.9 Å². The molecule has 1 aromatic rings. The highest BCUT2D eigenvalue weighted by molar-refractivity contribution is 7.90. The Balaban J connectivity index is 2.50. The van der Waals surface area contributed by atoms with Crippen LogP contribution in [0.4, 0.5) is 26.3 Å². The number of hydrogen-bond acceptors (Lipinski definition) is 8. The van der Waals surface area contributed by atoms with Gasteiger partial charge in [-0.2, -0.15) is 36.1 Å². The molecule has 10 nitrogen and oxygen atoms in total. The van der Waals surface area contributed by atoms with Crippen molar-refractivity contribution in [1.29, 1.82) is 0 Å². The lowest BCUT2D eigenvalue weighted by atomic mass is 9.99. The Labute approximate surface area is 183 Å². The molecule has 0 aliphatic carbocycles. The summed E-state index contributed by atoms with van der Waals surface area (Å²) in [5.41, 5.74) is -1.68. The molecule has 0 aromatic carbocycles. The third kappa shape index (κ3) is 5.53. The van der Waals surface area contributed by atoms with Crippen molar-refractivity contribution >= 4 is 21.7 Å². The van der Waals surface area contributed by atoms with E-state index in [1.807, 2.05) is 0 Å². The number of Topliss-reactive ketones (excluding diaryl/α,β-unsaturated/α-hetero) is 1. The summed E-state index contributed by atoms with van der Waals surface area (Å²) < 4.78 is 109. The van der Waals surface area contributed by atoms with Crippen LogP contribution in [0.2, 0.25) is 0 Å². The maximum atomic E-state index is 13.5. The first-order valence-electron chi connectivity index (χ1n) is 8.88. The van der Waals surface area contributed by atoms with Crippen molar-refractivity contribution in [2.75, 3.05) is 13.2 Å². The molecule has 0 radical (unpaired) electrons. The Morgan fingerprint density at radius 2 is 1.88 bits per heavy atom. The lowest BCUT2D eigenvalue weighted by Gasteiger charge is -2.41. The molecule has 1 aromatic heterocycles. The minimum absolute atomic E-state index is 0.283. The number of hydrogen-bond donors (Lipinski definition) is 2. The molecule has 1 fully saturated rings. The van der Waals surface area contributed by atoms with Crippen LogP contribution in [-0.2, 0) is 19.7 Å². The molecule has 1 saturated heterocycles. The second kappa shape index (κ2) is 9.03. The average Bonchev–Trinajstić information content (AvgIpc) is 3.12. The molecular formula is C16H18F6N4O6S. The molecule has 2 atom stereocenters. The van der Waals surface area contributed by atoms with Crippen LogP contribution in [0.25, 0.3) is 0 Å². The zero-order chi connectivity index (χ0) is 25.4. The van der Waals surface area contributed by atoms with Crippen molar-refractivity contribution in [3.8, 4) is 5.88 Å². The molecule has 1 aliphatic rings. The third-order valence-corrected chi connectivity index (χ3v) is 6.33. The quantitative estimate of drug-likeness (QED) is 0.494. The summed E-state index contributed by atoms with van der Waals surface area (Å²) in [7, 11) is -6.32. The fourth-order valence-electron chi connectivity index (χ4n) is 3.07. The molecule has 3 N–H and O–H groups in total. The smallest absolute Gasteiger partial charge is 0.475 e. The zero-order valence-corrected chi connectivity index (χ0v) is 17.7. The number of halogens is 6. The predicted molar refractivity (Wildman–Crippen MR) is 96.9 cm³/mol. The SMILES string of the molecule is CC(C)(COc1ncccc1C(N)=O)N(C1CONC1C(=O)C(F)(F)F)S(=O)(=O)C(F)(F)F. The monoisotopic (exact) mass is 508 g/mol. The van der Waals surface area contributed by atoms with Gasteiger partial charge in [-0.25, -0.2) is 13.4 Å². The Morgan fingerprint density at radius 1 is 1.27 bits per heavy atom. The minimum Gasteiger partial charge on any atom is -0.475 e. The number of nitrogens with zero attached hydrogens (tertiary/aromatic N) is 2. The van der Waals surface area contributed by atoms with Crippen molar-refractivity contribution in [2.24, 2.45) is 5.73 Å². The van der Waals surface area contributed by atoms with Gasteiger partial charge in [-0.15, -0.1) is 0 Å². The Morgan fingerprint density at radius 3 is 2.39 bits per heavy atom. The molecule has 0 spiro atoms. The molecule has 17 heteroatoms. The summed E-state index contributed by atoms with van der Waals surface area (Å²) in [6, 6.07) is -2.26. The maximum Gasteiger partial charge on any atom is 0.511 e. The molecule has 1 amide bonds. The van der Waals surface area contributed by atoms with Crippen molar-refractivity contribution in [2.45, 2.75) is 43.2 Å². The molecule has 2 unspecified atom stereocenters. The van der Waals surface area contributed by atoms with Crippen LogP contribution in [0.3, 0.4) is 0 Å². The van der Waals surface area contributed by atoms with Gasteiger partial charge in [-0.1, -0.05) is 0 Å². The molecular weight excluding hydrogens is 490 g/mol. The summed E-state index contributed by atoms with van der Waals surface area (Å²) in [6.07, 6.45) is -4.35. The third-order valence-electron chi connectivity index (χ3n) is 4.46. The number of aromatic nitrogens is 1. The van der Waals surface area contributed by atoms with Crippen molar-refractivity contribution in [1.82, 2.24) is 14.8 Å². The molecule has 33 heavy (non-hydrogen) atoms. The number of nitrogens with two attached hydrogens (primary N) is 1. The second-order valence-corrected chi connectivity index (χ2v) is 9.21. The topological polar surface area (TPSA) is 141 Å². The largest absolute Gasteiger partial charge is 0.511 e. The number of rotatable bonds is 8. The highest BCUT2D eigenvalue weighted by atomic mass is 32.2. The van der Waals surface area contributed by atoms with E-state index >= 15 is 0 Å². The van der Waals surface area contributed by atoms with E-state index in [0.29, 0.717) is 0 Å². The number of ketones is 1. The summed E-state index contributed by atoms with van der Waals surface area (Å²) in [5.74, 6) is -4.00. The van der Waals surface area contributed by atoms with E-state index in [1.54, 1.807) is 5.48 Å². The Bertz CT molecular complexity index is 1010. The molecule has 0 bridgehead atoms. The van der Waals surface area contributed by atoms with Crippen LogP contribution in [0.15, 0.2) is 18.3 Å². The van der Waals surface area contributed by atoms with Crippen molar-refractivity contribution in [3.05, 3.63) is 23.9 Å². The first-order valence-corrected chi connectivity index (χ1v) is 10.3. The van der Waals surface area contributed by atoms with Gasteiger partial charge in [-0.05, 0) is 26.0 Å². The van der Waals surface area contributed by atoms with Crippen molar-refractivity contribution in [3.63, 3.8) is 0 Å². The van der Waals surface area contributed by atoms with E-state index in [9.17, 15) is 44.3 Å². The Hall–Kier alpha value is -2.50. The fraction of sp³-hybridized carbons (Fsp3) is 0.562. The Kier molecular flexibility index (Phi) is 7.32. The normalized spacial score (nSPS) is 20.2. The number of primary amides is 1. The number of pyridine rings is 1. The lowest BCUT2D eigenvalue weighted by molar-refractivity contribution is -0.175. The molecule has 1 aliphatic heterocycles. The summed E-state index contributed by atoms with van der Waals surface area (Å²) in [5, 5.41) is 0. The molecule has 186 valence electrons. The summed E-state index contributed by atoms with van der Waals surface area (Å²) in [6.45, 7) is -0.113. The van der Waals surface area contributed by atoms with Gasteiger partial charge in [0.1, 0.15) is 18.2 Å². The van der Waals surface area contributed by atoms with Crippen molar-refractivity contribution < 1.29 is 53.9 Å². The van der Waals surface area contributed by atoms with Gasteiger partial charge in [0.2, 0.25) is 5.88 Å². The number of hydroxylamine groups is 1. The zero-order valence-electron chi connectivity index (χ0n) is 16.9. The number of carbonyl (C=O) groups excluding carboxylic acids is 2. The van der Waals surface area contributed by atoms with Gasteiger partial charge >= 0.3 is 21.7 Å². The molecule has 2 rings (SSSR count). The standard InChI is InChI=1S/C16H18F6N4O6S/c1-14(2,7-31-13-8(12(23)28)4-3-5-24-13)26(33(29,30)16(20,21)22)9-6-32-25-10(9)11(27)15(17,18)19/h3-5,9-10,25H,6-7H2,1-2H3,(H2,23,28). The van der Waals surface area contributed by atoms with Crippen LogP contribution < -0.4 is 16.0 Å². The lowest BCUT2D eigenvalue weighted by Crippen LogP contribution is -2.64. The number of ether oxygens (including phenoxy) is 1.